The third kappa shape index (κ3) is 4.87. The molecule has 2 aromatic carbocycles. The van der Waals surface area contributed by atoms with Gasteiger partial charge in [-0.2, -0.15) is 0 Å². The average Bonchev–Trinajstić information content (AvgIpc) is 2.56. The third-order valence-electron chi connectivity index (χ3n) is 2.99. The quantitative estimate of drug-likeness (QED) is 0.830. The molecule has 0 aromatic heterocycles. The van der Waals surface area contributed by atoms with Crippen LogP contribution in [0, 0.1) is 0 Å². The number of benzene rings is 2. The van der Waals surface area contributed by atoms with Crippen LogP contribution in [0.25, 0.3) is 0 Å². The van der Waals surface area contributed by atoms with Gasteiger partial charge >= 0.3 is 11.8 Å². The predicted molar refractivity (Wildman–Crippen MR) is 89.9 cm³/mol. The second-order valence-corrected chi connectivity index (χ2v) is 5.45. The molecule has 7 heteroatoms. The summed E-state index contributed by atoms with van der Waals surface area (Å²) in [5.74, 6) is -0.868. The average molecular weight is 353 g/mol. The van der Waals surface area contributed by atoms with Crippen molar-refractivity contribution in [1.29, 1.82) is 0 Å². The molecule has 0 aliphatic rings. The second kappa shape index (κ2) is 7.85. The first-order valence-electron chi connectivity index (χ1n) is 6.67. The summed E-state index contributed by atoms with van der Waals surface area (Å²) < 4.78 is 5.05. The van der Waals surface area contributed by atoms with E-state index in [0.717, 1.165) is 5.56 Å². The van der Waals surface area contributed by atoms with Gasteiger partial charge in [0.1, 0.15) is 5.75 Å². The lowest BCUT2D eigenvalue weighted by molar-refractivity contribution is -0.136. The number of carbonyl (C=O) groups excluding carboxylic acids is 2. The maximum atomic E-state index is 11.9. The Kier molecular flexibility index (Phi) is 5.84. The van der Waals surface area contributed by atoms with Crippen molar-refractivity contribution in [2.45, 2.75) is 6.54 Å². The number of rotatable bonds is 4. The summed E-state index contributed by atoms with van der Waals surface area (Å²) in [7, 11) is 1.57. The van der Waals surface area contributed by atoms with Crippen molar-refractivity contribution in [2.75, 3.05) is 12.4 Å². The van der Waals surface area contributed by atoms with E-state index >= 15 is 0 Å². The highest BCUT2D eigenvalue weighted by Crippen LogP contribution is 2.25. The summed E-state index contributed by atoms with van der Waals surface area (Å²) in [6.07, 6.45) is 0. The molecule has 0 atom stereocenters. The van der Waals surface area contributed by atoms with E-state index in [-0.39, 0.29) is 12.2 Å². The fourth-order valence-corrected chi connectivity index (χ4v) is 2.12. The van der Waals surface area contributed by atoms with E-state index in [0.29, 0.717) is 15.8 Å². The van der Waals surface area contributed by atoms with Crippen molar-refractivity contribution >= 4 is 40.7 Å². The topological polar surface area (TPSA) is 67.4 Å². The molecule has 5 nitrogen and oxygen atoms in total. The van der Waals surface area contributed by atoms with Crippen LogP contribution in [0.1, 0.15) is 5.56 Å². The predicted octanol–water partition coefficient (Wildman–Crippen LogP) is 3.26. The van der Waals surface area contributed by atoms with Crippen LogP contribution in [-0.4, -0.2) is 18.9 Å². The Hall–Kier alpha value is -2.24. The number of hydrogen-bond donors (Lipinski definition) is 2. The van der Waals surface area contributed by atoms with E-state index in [4.69, 9.17) is 27.9 Å². The first-order chi connectivity index (χ1) is 11.0. The maximum Gasteiger partial charge on any atom is 0.313 e. The van der Waals surface area contributed by atoms with Gasteiger partial charge in [-0.1, -0.05) is 35.3 Å². The SMILES string of the molecule is COc1ccc(CNC(=O)C(=O)Nc2cc(Cl)ccc2Cl)cc1. The molecule has 0 saturated carbocycles. The summed E-state index contributed by atoms with van der Waals surface area (Å²) in [5, 5.41) is 5.64. The molecule has 0 unspecified atom stereocenters. The van der Waals surface area contributed by atoms with Crippen LogP contribution in [0.2, 0.25) is 10.0 Å². The van der Waals surface area contributed by atoms with E-state index in [1.54, 1.807) is 37.4 Å². The van der Waals surface area contributed by atoms with Crippen molar-refractivity contribution in [2.24, 2.45) is 0 Å². The highest BCUT2D eigenvalue weighted by Gasteiger charge is 2.15. The number of anilines is 1. The highest BCUT2D eigenvalue weighted by molar-refractivity contribution is 6.42. The molecule has 120 valence electrons. The molecule has 2 amide bonds. The van der Waals surface area contributed by atoms with Gasteiger partial charge in [0.15, 0.2) is 0 Å². The van der Waals surface area contributed by atoms with Crippen LogP contribution >= 0.6 is 23.2 Å². The molecule has 0 bridgehead atoms. The zero-order chi connectivity index (χ0) is 16.8. The summed E-state index contributed by atoms with van der Waals surface area (Å²) in [5.41, 5.74) is 1.12. The van der Waals surface area contributed by atoms with Crippen molar-refractivity contribution < 1.29 is 14.3 Å². The lowest BCUT2D eigenvalue weighted by Crippen LogP contribution is -2.35. The smallest absolute Gasteiger partial charge is 0.313 e. The largest absolute Gasteiger partial charge is 0.497 e. The summed E-state index contributed by atoms with van der Waals surface area (Å²) in [6.45, 7) is 0.222. The van der Waals surface area contributed by atoms with E-state index in [1.165, 1.54) is 12.1 Å². The summed E-state index contributed by atoms with van der Waals surface area (Å²) >= 11 is 11.8. The lowest BCUT2D eigenvalue weighted by Gasteiger charge is -2.08. The van der Waals surface area contributed by atoms with Crippen LogP contribution in [0.3, 0.4) is 0 Å². The molecule has 0 spiro atoms. The number of carbonyl (C=O) groups is 2. The molecule has 23 heavy (non-hydrogen) atoms. The van der Waals surface area contributed by atoms with Crippen molar-refractivity contribution in [3.8, 4) is 5.75 Å². The highest BCUT2D eigenvalue weighted by atomic mass is 35.5. The Morgan fingerprint density at radius 2 is 1.74 bits per heavy atom. The van der Waals surface area contributed by atoms with Crippen molar-refractivity contribution in [3.63, 3.8) is 0 Å². The van der Waals surface area contributed by atoms with Crippen LogP contribution in [-0.2, 0) is 16.1 Å². The monoisotopic (exact) mass is 352 g/mol. The molecule has 0 fully saturated rings. The van der Waals surface area contributed by atoms with Gasteiger partial charge < -0.3 is 15.4 Å². The Morgan fingerprint density at radius 1 is 1.04 bits per heavy atom. The van der Waals surface area contributed by atoms with Gasteiger partial charge in [0.25, 0.3) is 0 Å². The Labute approximate surface area is 143 Å². The van der Waals surface area contributed by atoms with Crippen molar-refractivity contribution in [1.82, 2.24) is 5.32 Å². The first kappa shape index (κ1) is 17.1. The molecule has 0 saturated heterocycles. The molecule has 0 heterocycles. The minimum Gasteiger partial charge on any atom is -0.497 e. The molecule has 0 aliphatic carbocycles. The van der Waals surface area contributed by atoms with Gasteiger partial charge in [0.05, 0.1) is 17.8 Å². The minimum atomic E-state index is -0.817. The molecule has 0 radical (unpaired) electrons. The Bertz CT molecular complexity index is 718. The number of halogens is 2. The number of amides is 2. The maximum absolute atomic E-state index is 11.9. The molecule has 0 aliphatic heterocycles. The van der Waals surface area contributed by atoms with Crippen LogP contribution in [0.15, 0.2) is 42.5 Å². The van der Waals surface area contributed by atoms with Crippen LogP contribution in [0.4, 0.5) is 5.69 Å². The molecule has 2 aromatic rings. The van der Waals surface area contributed by atoms with Crippen molar-refractivity contribution in [3.05, 3.63) is 58.1 Å². The van der Waals surface area contributed by atoms with Gasteiger partial charge in [-0.25, -0.2) is 0 Å². The van der Waals surface area contributed by atoms with E-state index < -0.39 is 11.8 Å². The molecular formula is C16H14Cl2N2O3. The molecule has 2 rings (SSSR count). The summed E-state index contributed by atoms with van der Waals surface area (Å²) in [6, 6.07) is 11.7. The van der Waals surface area contributed by atoms with Gasteiger partial charge in [0.2, 0.25) is 0 Å². The molecular weight excluding hydrogens is 339 g/mol. The minimum absolute atomic E-state index is 0.222. The fourth-order valence-electron chi connectivity index (χ4n) is 1.78. The molecule has 2 N–H and O–H groups in total. The van der Waals surface area contributed by atoms with Gasteiger partial charge in [-0.3, -0.25) is 9.59 Å². The van der Waals surface area contributed by atoms with Crippen LogP contribution in [0.5, 0.6) is 5.75 Å². The van der Waals surface area contributed by atoms with E-state index in [9.17, 15) is 9.59 Å². The normalized spacial score (nSPS) is 10.0. The first-order valence-corrected chi connectivity index (χ1v) is 7.42. The van der Waals surface area contributed by atoms with Crippen LogP contribution < -0.4 is 15.4 Å². The standard InChI is InChI=1S/C16H14Cl2N2O3/c1-23-12-5-2-10(3-6-12)9-19-15(21)16(22)20-14-8-11(17)4-7-13(14)18/h2-8H,9H2,1H3,(H,19,21)(H,20,22). The van der Waals surface area contributed by atoms with Gasteiger partial charge in [-0.15, -0.1) is 0 Å². The zero-order valence-electron chi connectivity index (χ0n) is 12.2. The lowest BCUT2D eigenvalue weighted by atomic mass is 10.2. The zero-order valence-corrected chi connectivity index (χ0v) is 13.7. The van der Waals surface area contributed by atoms with Gasteiger partial charge in [0, 0.05) is 11.6 Å². The Morgan fingerprint density at radius 3 is 2.39 bits per heavy atom. The van der Waals surface area contributed by atoms with E-state index in [2.05, 4.69) is 10.6 Å². The number of nitrogens with one attached hydrogen (secondary N) is 2. The Balaban J connectivity index is 1.92. The fraction of sp³-hybridized carbons (Fsp3) is 0.125. The number of methoxy groups -OCH3 is 1. The number of hydrogen-bond acceptors (Lipinski definition) is 3. The van der Waals surface area contributed by atoms with E-state index in [1.807, 2.05) is 0 Å². The third-order valence-corrected chi connectivity index (χ3v) is 3.56. The number of ether oxygens (including phenoxy) is 1. The van der Waals surface area contributed by atoms with Gasteiger partial charge in [-0.05, 0) is 35.9 Å². The second-order valence-electron chi connectivity index (χ2n) is 4.61. The summed E-state index contributed by atoms with van der Waals surface area (Å²) in [4.78, 5) is 23.7.